The van der Waals surface area contributed by atoms with E-state index in [2.05, 4.69) is 4.72 Å². The van der Waals surface area contributed by atoms with E-state index in [-0.39, 0.29) is 15.8 Å². The fourth-order valence-corrected chi connectivity index (χ4v) is 3.12. The van der Waals surface area contributed by atoms with Crippen molar-refractivity contribution in [1.29, 1.82) is 0 Å². The third-order valence-electron chi connectivity index (χ3n) is 2.68. The number of nitro groups is 1. The Balaban J connectivity index is 3.22. The number of hydrogen-bond acceptors (Lipinski definition) is 5. The largest absolute Gasteiger partial charge is 0.368 e. The predicted octanol–water partition coefficient (Wildman–Crippen LogP) is 1.04. The number of carbonyl (C=O) groups is 1. The van der Waals surface area contributed by atoms with Gasteiger partial charge in [-0.3, -0.25) is 14.9 Å². The fourth-order valence-electron chi connectivity index (χ4n) is 1.56. The average Bonchev–Trinajstić information content (AvgIpc) is 2.35. The number of nitro benzene ring substituents is 1. The molecule has 1 unspecified atom stereocenters. The van der Waals surface area contributed by atoms with Crippen molar-refractivity contribution < 1.29 is 18.1 Å². The molecule has 0 saturated carbocycles. The summed E-state index contributed by atoms with van der Waals surface area (Å²) in [7, 11) is -4.14. The summed E-state index contributed by atoms with van der Waals surface area (Å²) in [5.41, 5.74) is 4.59. The zero-order valence-electron chi connectivity index (χ0n) is 11.2. The second-order valence-corrected chi connectivity index (χ2v) is 6.74. The fraction of sp³-hybridized carbons (Fsp3) is 0.364. The highest BCUT2D eigenvalue weighted by molar-refractivity contribution is 7.89. The molecule has 8 nitrogen and oxygen atoms in total. The average molecular weight is 336 g/mol. The van der Waals surface area contributed by atoms with Gasteiger partial charge in [0.1, 0.15) is 11.1 Å². The highest BCUT2D eigenvalue weighted by atomic mass is 35.5. The molecule has 0 spiro atoms. The Labute approximate surface area is 126 Å². The van der Waals surface area contributed by atoms with Crippen molar-refractivity contribution in [2.45, 2.75) is 24.8 Å². The molecule has 0 aliphatic carbocycles. The molecule has 0 radical (unpaired) electrons. The molecular weight excluding hydrogens is 322 g/mol. The number of nitrogens with one attached hydrogen (secondary N) is 1. The van der Waals surface area contributed by atoms with Crippen molar-refractivity contribution in [2.75, 3.05) is 0 Å². The van der Waals surface area contributed by atoms with Gasteiger partial charge in [0, 0.05) is 6.07 Å². The highest BCUT2D eigenvalue weighted by Crippen LogP contribution is 2.27. The number of primary amides is 1. The minimum atomic E-state index is -4.14. The maximum absolute atomic E-state index is 12.2. The van der Waals surface area contributed by atoms with E-state index in [1.54, 1.807) is 13.8 Å². The van der Waals surface area contributed by atoms with Crippen LogP contribution in [0.2, 0.25) is 5.02 Å². The molecule has 1 amide bonds. The molecule has 1 aromatic rings. The van der Waals surface area contributed by atoms with Crippen molar-refractivity contribution >= 4 is 33.2 Å². The molecule has 116 valence electrons. The van der Waals surface area contributed by atoms with Gasteiger partial charge >= 0.3 is 0 Å². The quantitative estimate of drug-likeness (QED) is 0.592. The van der Waals surface area contributed by atoms with Crippen LogP contribution in [0.4, 0.5) is 5.69 Å². The second kappa shape index (κ2) is 6.37. The second-order valence-electron chi connectivity index (χ2n) is 4.62. The normalized spacial score (nSPS) is 13.1. The Morgan fingerprint density at radius 1 is 1.43 bits per heavy atom. The van der Waals surface area contributed by atoms with Crippen LogP contribution in [0.25, 0.3) is 0 Å². The van der Waals surface area contributed by atoms with Crippen LogP contribution in [0.15, 0.2) is 23.1 Å². The number of hydrogen-bond donors (Lipinski definition) is 2. The number of sulfonamides is 1. The molecule has 21 heavy (non-hydrogen) atoms. The van der Waals surface area contributed by atoms with Crippen LogP contribution in [-0.2, 0) is 14.8 Å². The molecule has 10 heteroatoms. The minimum Gasteiger partial charge on any atom is -0.368 e. The summed E-state index contributed by atoms with van der Waals surface area (Å²) in [6, 6.07) is 1.91. The van der Waals surface area contributed by atoms with Gasteiger partial charge in [0.15, 0.2) is 0 Å². The van der Waals surface area contributed by atoms with Gasteiger partial charge in [-0.15, -0.1) is 0 Å². The van der Waals surface area contributed by atoms with Crippen LogP contribution >= 0.6 is 11.6 Å². The van der Waals surface area contributed by atoms with Gasteiger partial charge < -0.3 is 5.73 Å². The smallest absolute Gasteiger partial charge is 0.289 e. The van der Waals surface area contributed by atoms with Crippen molar-refractivity contribution in [2.24, 2.45) is 11.7 Å². The maximum Gasteiger partial charge on any atom is 0.289 e. The Morgan fingerprint density at radius 2 is 2.00 bits per heavy atom. The summed E-state index contributed by atoms with van der Waals surface area (Å²) >= 11 is 5.62. The lowest BCUT2D eigenvalue weighted by atomic mass is 10.1. The first-order valence-corrected chi connectivity index (χ1v) is 7.68. The molecule has 1 atom stereocenters. The Hall–Kier alpha value is -1.71. The number of carbonyl (C=O) groups excluding carboxylic acids is 1. The number of nitrogens with zero attached hydrogens (tertiary/aromatic N) is 1. The first-order valence-electron chi connectivity index (χ1n) is 5.82. The zero-order valence-corrected chi connectivity index (χ0v) is 12.8. The topological polar surface area (TPSA) is 132 Å². The van der Waals surface area contributed by atoms with Crippen LogP contribution < -0.4 is 10.5 Å². The van der Waals surface area contributed by atoms with E-state index in [1.165, 1.54) is 0 Å². The summed E-state index contributed by atoms with van der Waals surface area (Å²) in [6.07, 6.45) is 0. The molecule has 0 aromatic heterocycles. The molecular formula is C11H14ClN3O5S. The molecule has 0 heterocycles. The lowest BCUT2D eigenvalue weighted by Gasteiger charge is -2.18. The van der Waals surface area contributed by atoms with Gasteiger partial charge in [-0.1, -0.05) is 25.4 Å². The van der Waals surface area contributed by atoms with Gasteiger partial charge in [0.25, 0.3) is 5.69 Å². The number of nitrogens with two attached hydrogens (primary N) is 1. The number of benzene rings is 1. The Kier molecular flexibility index (Phi) is 5.26. The van der Waals surface area contributed by atoms with Crippen molar-refractivity contribution in [3.05, 3.63) is 33.3 Å². The van der Waals surface area contributed by atoms with E-state index in [0.717, 1.165) is 18.2 Å². The summed E-state index contributed by atoms with van der Waals surface area (Å²) in [6.45, 7) is 3.23. The van der Waals surface area contributed by atoms with Gasteiger partial charge in [0.05, 0.1) is 9.82 Å². The van der Waals surface area contributed by atoms with Gasteiger partial charge in [0.2, 0.25) is 15.9 Å². The van der Waals surface area contributed by atoms with Gasteiger partial charge in [-0.05, 0) is 18.1 Å². The van der Waals surface area contributed by atoms with E-state index < -0.39 is 32.6 Å². The van der Waals surface area contributed by atoms with Crippen molar-refractivity contribution in [3.8, 4) is 0 Å². The third-order valence-corrected chi connectivity index (χ3v) is 4.44. The lowest BCUT2D eigenvalue weighted by Crippen LogP contribution is -2.47. The summed E-state index contributed by atoms with van der Waals surface area (Å²) in [4.78, 5) is 20.9. The number of amides is 1. The van der Waals surface area contributed by atoms with Crippen LogP contribution in [0.1, 0.15) is 13.8 Å². The SMILES string of the molecule is CC(C)C(NS(=O)(=O)c1ccc(Cl)c([N+](=O)[O-])c1)C(N)=O. The first kappa shape index (κ1) is 17.3. The molecule has 0 saturated heterocycles. The molecule has 0 fully saturated rings. The molecule has 1 aromatic carbocycles. The highest BCUT2D eigenvalue weighted by Gasteiger charge is 2.28. The van der Waals surface area contributed by atoms with Crippen LogP contribution in [-0.4, -0.2) is 25.3 Å². The lowest BCUT2D eigenvalue weighted by molar-refractivity contribution is -0.384. The van der Waals surface area contributed by atoms with E-state index in [1.807, 2.05) is 0 Å². The number of rotatable bonds is 6. The van der Waals surface area contributed by atoms with Crippen molar-refractivity contribution in [3.63, 3.8) is 0 Å². The summed E-state index contributed by atoms with van der Waals surface area (Å²) in [5.74, 6) is -1.21. The van der Waals surface area contributed by atoms with Crippen LogP contribution in [0.3, 0.4) is 0 Å². The molecule has 3 N–H and O–H groups in total. The molecule has 1 rings (SSSR count). The maximum atomic E-state index is 12.2. The van der Waals surface area contributed by atoms with Crippen LogP contribution in [0.5, 0.6) is 0 Å². The predicted molar refractivity (Wildman–Crippen MR) is 76.2 cm³/mol. The summed E-state index contributed by atoms with van der Waals surface area (Å²) in [5, 5.41) is 10.6. The van der Waals surface area contributed by atoms with E-state index in [0.29, 0.717) is 0 Å². The van der Waals surface area contributed by atoms with Gasteiger partial charge in [-0.25, -0.2) is 8.42 Å². The third kappa shape index (κ3) is 4.13. The van der Waals surface area contributed by atoms with Crippen molar-refractivity contribution in [1.82, 2.24) is 4.72 Å². The standard InChI is InChI=1S/C11H14ClN3O5S/c1-6(2)10(11(13)16)14-21(19,20)7-3-4-8(12)9(5-7)15(17)18/h3-6,10,14H,1-2H3,(H2,13,16). The van der Waals surface area contributed by atoms with Gasteiger partial charge in [-0.2, -0.15) is 4.72 Å². The first-order chi connectivity index (χ1) is 9.56. The Bertz CT molecular complexity index is 674. The van der Waals surface area contributed by atoms with Crippen LogP contribution in [0, 0.1) is 16.0 Å². The van der Waals surface area contributed by atoms with E-state index in [4.69, 9.17) is 17.3 Å². The van der Waals surface area contributed by atoms with E-state index >= 15 is 0 Å². The van der Waals surface area contributed by atoms with E-state index in [9.17, 15) is 23.3 Å². The molecule has 0 aliphatic rings. The number of halogens is 1. The molecule has 0 aliphatic heterocycles. The monoisotopic (exact) mass is 335 g/mol. The summed E-state index contributed by atoms with van der Waals surface area (Å²) < 4.78 is 26.4. The Morgan fingerprint density at radius 3 is 2.43 bits per heavy atom. The molecule has 0 bridgehead atoms. The minimum absolute atomic E-state index is 0.186. The zero-order chi connectivity index (χ0) is 16.4.